The molecule has 0 amide bonds. The second-order valence-electron chi connectivity index (χ2n) is 5.14. The maximum absolute atomic E-state index is 12.9. The summed E-state index contributed by atoms with van der Waals surface area (Å²) in [6.07, 6.45) is 0.967. The molecule has 0 spiro atoms. The molecular weight excluding hydrogens is 291 g/mol. The van der Waals surface area contributed by atoms with Crippen molar-refractivity contribution in [2.45, 2.75) is 12.5 Å². The lowest BCUT2D eigenvalue weighted by Crippen LogP contribution is -2.24. The average molecular weight is 307 g/mol. The van der Waals surface area contributed by atoms with E-state index in [0.717, 1.165) is 25.2 Å². The third-order valence-corrected chi connectivity index (χ3v) is 3.88. The number of ether oxygens (including phenoxy) is 1. The van der Waals surface area contributed by atoms with Crippen LogP contribution in [0.1, 0.15) is 6.42 Å². The summed E-state index contributed by atoms with van der Waals surface area (Å²) in [5.74, 6) is 0.427. The van der Waals surface area contributed by atoms with Crippen LogP contribution in [0.3, 0.4) is 0 Å². The smallest absolute Gasteiger partial charge is 0.138 e. The van der Waals surface area contributed by atoms with E-state index in [1.165, 1.54) is 12.1 Å². The van der Waals surface area contributed by atoms with Gasteiger partial charge < -0.3 is 15.4 Å². The lowest BCUT2D eigenvalue weighted by atomic mass is 10.3. The summed E-state index contributed by atoms with van der Waals surface area (Å²) in [4.78, 5) is 2.18. The Morgan fingerprint density at radius 2 is 1.95 bits per heavy atom. The van der Waals surface area contributed by atoms with E-state index < -0.39 is 0 Å². The zero-order valence-corrected chi connectivity index (χ0v) is 12.2. The van der Waals surface area contributed by atoms with Gasteiger partial charge in [-0.05, 0) is 42.5 Å². The van der Waals surface area contributed by atoms with Gasteiger partial charge in [0.1, 0.15) is 17.7 Å². The molecule has 21 heavy (non-hydrogen) atoms. The summed E-state index contributed by atoms with van der Waals surface area (Å²) in [5, 5.41) is 0.523. The van der Waals surface area contributed by atoms with Crippen molar-refractivity contribution in [3.63, 3.8) is 0 Å². The quantitative estimate of drug-likeness (QED) is 0.878. The lowest BCUT2D eigenvalue weighted by Gasteiger charge is -2.19. The van der Waals surface area contributed by atoms with E-state index in [4.69, 9.17) is 22.1 Å². The van der Waals surface area contributed by atoms with Gasteiger partial charge in [0.2, 0.25) is 0 Å². The van der Waals surface area contributed by atoms with Gasteiger partial charge in [0.15, 0.2) is 0 Å². The summed E-state index contributed by atoms with van der Waals surface area (Å²) in [7, 11) is 0. The Labute approximate surface area is 128 Å². The van der Waals surface area contributed by atoms with Crippen molar-refractivity contribution in [3.8, 4) is 5.75 Å². The molecule has 0 aliphatic carbocycles. The number of nitrogen functional groups attached to an aromatic ring is 1. The number of anilines is 2. The molecule has 2 aromatic carbocycles. The van der Waals surface area contributed by atoms with Gasteiger partial charge in [-0.15, -0.1) is 0 Å². The van der Waals surface area contributed by atoms with Crippen molar-refractivity contribution >= 4 is 23.0 Å². The van der Waals surface area contributed by atoms with Crippen LogP contribution in [-0.4, -0.2) is 19.2 Å². The fourth-order valence-electron chi connectivity index (χ4n) is 2.50. The second kappa shape index (κ2) is 5.82. The van der Waals surface area contributed by atoms with Crippen molar-refractivity contribution in [2.24, 2.45) is 0 Å². The van der Waals surface area contributed by atoms with Crippen molar-refractivity contribution in [1.82, 2.24) is 0 Å². The molecule has 1 aliphatic heterocycles. The number of nitrogens with two attached hydrogens (primary N) is 1. The fourth-order valence-corrected chi connectivity index (χ4v) is 2.74. The number of benzene rings is 2. The van der Waals surface area contributed by atoms with Gasteiger partial charge in [-0.1, -0.05) is 11.6 Å². The molecule has 1 saturated heterocycles. The van der Waals surface area contributed by atoms with Crippen LogP contribution in [0.5, 0.6) is 5.75 Å². The van der Waals surface area contributed by atoms with Gasteiger partial charge in [-0.25, -0.2) is 4.39 Å². The third-order valence-electron chi connectivity index (χ3n) is 3.59. The number of hydrogen-bond acceptors (Lipinski definition) is 3. The Hall–Kier alpha value is -1.94. The maximum atomic E-state index is 12.9. The van der Waals surface area contributed by atoms with Crippen LogP contribution in [0.4, 0.5) is 15.8 Å². The van der Waals surface area contributed by atoms with Gasteiger partial charge in [-0.2, -0.15) is 0 Å². The highest BCUT2D eigenvalue weighted by molar-refractivity contribution is 6.32. The largest absolute Gasteiger partial charge is 0.487 e. The first-order chi connectivity index (χ1) is 10.1. The zero-order chi connectivity index (χ0) is 14.8. The van der Waals surface area contributed by atoms with Crippen molar-refractivity contribution in [1.29, 1.82) is 0 Å². The molecule has 0 aromatic heterocycles. The van der Waals surface area contributed by atoms with Crippen LogP contribution in [0.15, 0.2) is 42.5 Å². The van der Waals surface area contributed by atoms with Crippen LogP contribution < -0.4 is 15.4 Å². The molecule has 3 rings (SSSR count). The van der Waals surface area contributed by atoms with Crippen LogP contribution >= 0.6 is 11.6 Å². The van der Waals surface area contributed by atoms with Crippen LogP contribution in [0, 0.1) is 5.82 Å². The fraction of sp³-hybridized carbons (Fsp3) is 0.250. The molecule has 1 heterocycles. The maximum Gasteiger partial charge on any atom is 0.138 e. The summed E-state index contributed by atoms with van der Waals surface area (Å²) in [6, 6.07) is 11.8. The normalized spacial score (nSPS) is 18.0. The van der Waals surface area contributed by atoms with Gasteiger partial charge in [-0.3, -0.25) is 0 Å². The van der Waals surface area contributed by atoms with Gasteiger partial charge in [0.05, 0.1) is 11.6 Å². The number of nitrogens with zero attached hydrogens (tertiary/aromatic N) is 1. The van der Waals surface area contributed by atoms with Gasteiger partial charge in [0, 0.05) is 24.3 Å². The first-order valence-corrected chi connectivity index (χ1v) is 7.22. The minimum Gasteiger partial charge on any atom is -0.487 e. The van der Waals surface area contributed by atoms with Gasteiger partial charge in [0.25, 0.3) is 0 Å². The van der Waals surface area contributed by atoms with Crippen molar-refractivity contribution < 1.29 is 9.13 Å². The van der Waals surface area contributed by atoms with E-state index in [1.807, 2.05) is 0 Å². The summed E-state index contributed by atoms with van der Waals surface area (Å²) in [6.45, 7) is 1.63. The number of hydrogen-bond donors (Lipinski definition) is 1. The Kier molecular flexibility index (Phi) is 3.88. The van der Waals surface area contributed by atoms with E-state index in [-0.39, 0.29) is 11.9 Å². The molecule has 3 nitrogen and oxygen atoms in total. The van der Waals surface area contributed by atoms with Crippen molar-refractivity contribution in [3.05, 3.63) is 53.3 Å². The molecule has 1 fully saturated rings. The molecule has 0 saturated carbocycles. The topological polar surface area (TPSA) is 38.5 Å². The molecule has 2 N–H and O–H groups in total. The highest BCUT2D eigenvalue weighted by Crippen LogP contribution is 2.30. The molecule has 1 aliphatic rings. The van der Waals surface area contributed by atoms with E-state index in [2.05, 4.69) is 4.90 Å². The SMILES string of the molecule is Nc1ccc(O[C@H]2CCN(c3ccc(F)cc3)C2)c(Cl)c1. The predicted octanol–water partition coefficient (Wildman–Crippen LogP) is 3.72. The zero-order valence-electron chi connectivity index (χ0n) is 11.4. The standard InChI is InChI=1S/C16H16ClFN2O/c17-15-9-12(19)3-6-16(15)21-14-7-8-20(10-14)13-4-1-11(18)2-5-13/h1-6,9,14H,7-8,10,19H2/t14-/m0/s1. The minimum atomic E-state index is -0.223. The van der Waals surface area contributed by atoms with Crippen LogP contribution in [0.2, 0.25) is 5.02 Å². The molecular formula is C16H16ClFN2O. The summed E-state index contributed by atoms with van der Waals surface area (Å²) >= 11 is 6.12. The van der Waals surface area contributed by atoms with E-state index >= 15 is 0 Å². The molecule has 110 valence electrons. The number of rotatable bonds is 3. The molecule has 0 bridgehead atoms. The van der Waals surface area contributed by atoms with E-state index in [1.54, 1.807) is 30.3 Å². The minimum absolute atomic E-state index is 0.0659. The summed E-state index contributed by atoms with van der Waals surface area (Å²) < 4.78 is 18.9. The highest BCUT2D eigenvalue weighted by Gasteiger charge is 2.24. The molecule has 0 unspecified atom stereocenters. The highest BCUT2D eigenvalue weighted by atomic mass is 35.5. The third kappa shape index (κ3) is 3.22. The Morgan fingerprint density at radius 3 is 2.67 bits per heavy atom. The first kappa shape index (κ1) is 14.0. The number of halogens is 2. The summed E-state index contributed by atoms with van der Waals surface area (Å²) in [5.41, 5.74) is 7.29. The van der Waals surface area contributed by atoms with E-state index in [0.29, 0.717) is 16.5 Å². The Bertz CT molecular complexity index is 633. The lowest BCUT2D eigenvalue weighted by molar-refractivity contribution is 0.225. The second-order valence-corrected chi connectivity index (χ2v) is 5.55. The van der Waals surface area contributed by atoms with Crippen molar-refractivity contribution in [2.75, 3.05) is 23.7 Å². The van der Waals surface area contributed by atoms with Gasteiger partial charge >= 0.3 is 0 Å². The Balaban J connectivity index is 1.65. The van der Waals surface area contributed by atoms with Crippen LogP contribution in [0.25, 0.3) is 0 Å². The molecule has 5 heteroatoms. The van der Waals surface area contributed by atoms with E-state index in [9.17, 15) is 4.39 Å². The van der Waals surface area contributed by atoms with Crippen LogP contribution in [-0.2, 0) is 0 Å². The molecule has 0 radical (unpaired) electrons. The predicted molar refractivity (Wildman–Crippen MR) is 83.5 cm³/mol. The monoisotopic (exact) mass is 306 g/mol. The molecule has 1 atom stereocenters. The average Bonchev–Trinajstić information content (AvgIpc) is 2.91. The molecule has 2 aromatic rings. The Morgan fingerprint density at radius 1 is 1.19 bits per heavy atom. The first-order valence-electron chi connectivity index (χ1n) is 6.84.